The van der Waals surface area contributed by atoms with Crippen molar-refractivity contribution in [3.63, 3.8) is 0 Å². The van der Waals surface area contributed by atoms with Gasteiger partial charge in [0.05, 0.1) is 6.04 Å². The van der Waals surface area contributed by atoms with E-state index in [-0.39, 0.29) is 11.6 Å². The first-order valence-corrected chi connectivity index (χ1v) is 8.49. The highest BCUT2D eigenvalue weighted by Crippen LogP contribution is 2.31. The Labute approximate surface area is 129 Å². The fourth-order valence-corrected chi connectivity index (χ4v) is 4.26. The van der Waals surface area contributed by atoms with E-state index in [1.807, 2.05) is 35.9 Å². The van der Waals surface area contributed by atoms with Crippen molar-refractivity contribution in [2.24, 2.45) is 5.73 Å². The summed E-state index contributed by atoms with van der Waals surface area (Å²) in [6, 6.07) is 6.15. The van der Waals surface area contributed by atoms with Gasteiger partial charge in [0, 0.05) is 22.2 Å². The smallest absolute Gasteiger partial charge is 0.256 e. The van der Waals surface area contributed by atoms with E-state index in [1.165, 1.54) is 12.8 Å². The van der Waals surface area contributed by atoms with Crippen LogP contribution in [0.25, 0.3) is 0 Å². The van der Waals surface area contributed by atoms with E-state index in [0.29, 0.717) is 6.04 Å². The number of nitrogens with zero attached hydrogens (tertiary/aromatic N) is 1. The van der Waals surface area contributed by atoms with Gasteiger partial charge in [-0.3, -0.25) is 4.79 Å². The van der Waals surface area contributed by atoms with Crippen LogP contribution >= 0.6 is 11.3 Å². The molecule has 1 aliphatic rings. The highest BCUT2D eigenvalue weighted by atomic mass is 32.1. The van der Waals surface area contributed by atoms with Gasteiger partial charge < -0.3 is 10.3 Å². The third-order valence-corrected chi connectivity index (χ3v) is 5.49. The van der Waals surface area contributed by atoms with Crippen LogP contribution in [-0.2, 0) is 0 Å². The third-order valence-electron chi connectivity index (χ3n) is 4.53. The molecule has 0 amide bonds. The predicted octanol–water partition coefficient (Wildman–Crippen LogP) is 3.69. The van der Waals surface area contributed by atoms with E-state index in [9.17, 15) is 4.79 Å². The monoisotopic (exact) mass is 302 g/mol. The van der Waals surface area contributed by atoms with E-state index in [1.54, 1.807) is 11.3 Å². The first-order chi connectivity index (χ1) is 10.1. The minimum absolute atomic E-state index is 0.111. The Hall–Kier alpha value is -1.39. The van der Waals surface area contributed by atoms with Crippen LogP contribution in [0.5, 0.6) is 0 Å². The molecule has 2 aromatic heterocycles. The number of aromatic nitrogens is 1. The second-order valence-electron chi connectivity index (χ2n) is 5.99. The Morgan fingerprint density at radius 3 is 2.67 bits per heavy atom. The molecule has 1 aliphatic carbocycles. The van der Waals surface area contributed by atoms with Crippen molar-refractivity contribution in [2.45, 2.75) is 51.6 Å². The fraction of sp³-hybridized carbons (Fsp3) is 0.471. The van der Waals surface area contributed by atoms with E-state index in [2.05, 4.69) is 6.07 Å². The summed E-state index contributed by atoms with van der Waals surface area (Å²) in [7, 11) is 0. The van der Waals surface area contributed by atoms with Crippen molar-refractivity contribution in [2.75, 3.05) is 0 Å². The molecule has 0 radical (unpaired) electrons. The van der Waals surface area contributed by atoms with Crippen LogP contribution in [0.2, 0.25) is 0 Å². The number of nitrogens with two attached hydrogens (primary N) is 1. The van der Waals surface area contributed by atoms with Crippen molar-refractivity contribution in [3.8, 4) is 0 Å². The Kier molecular flexibility index (Phi) is 4.00. The van der Waals surface area contributed by atoms with Gasteiger partial charge in [0.25, 0.3) is 5.56 Å². The van der Waals surface area contributed by atoms with Crippen molar-refractivity contribution in [3.05, 3.63) is 55.6 Å². The Morgan fingerprint density at radius 1 is 1.33 bits per heavy atom. The summed E-state index contributed by atoms with van der Waals surface area (Å²) < 4.78 is 1.99. The van der Waals surface area contributed by atoms with E-state index in [0.717, 1.165) is 34.5 Å². The standard InChI is InChI=1S/C17H22N2OS/c1-11-10-12(2)19(13-6-3-4-7-13)17(20)15(11)16(18)14-8-5-9-21-14/h5,8-10,13,16H,3-4,6-7,18H2,1-2H3. The van der Waals surface area contributed by atoms with Crippen LogP contribution < -0.4 is 11.3 Å². The lowest BCUT2D eigenvalue weighted by Gasteiger charge is -2.22. The van der Waals surface area contributed by atoms with Gasteiger partial charge >= 0.3 is 0 Å². The van der Waals surface area contributed by atoms with Crippen LogP contribution in [0.3, 0.4) is 0 Å². The van der Waals surface area contributed by atoms with Crippen molar-refractivity contribution >= 4 is 11.3 Å². The first kappa shape index (κ1) is 14.5. The summed E-state index contributed by atoms with van der Waals surface area (Å²) in [5.74, 6) is 0. The molecule has 0 aromatic carbocycles. The van der Waals surface area contributed by atoms with E-state index in [4.69, 9.17) is 5.73 Å². The SMILES string of the molecule is Cc1cc(C)n(C2CCCC2)c(=O)c1C(N)c1cccs1. The highest BCUT2D eigenvalue weighted by molar-refractivity contribution is 7.10. The van der Waals surface area contributed by atoms with Crippen LogP contribution in [-0.4, -0.2) is 4.57 Å². The summed E-state index contributed by atoms with van der Waals surface area (Å²) in [6.45, 7) is 4.03. The molecule has 4 heteroatoms. The van der Waals surface area contributed by atoms with Gasteiger partial charge in [0.15, 0.2) is 0 Å². The molecule has 2 N–H and O–H groups in total. The molecule has 0 aliphatic heterocycles. The van der Waals surface area contributed by atoms with Gasteiger partial charge in [-0.1, -0.05) is 18.9 Å². The summed E-state index contributed by atoms with van der Waals surface area (Å²) >= 11 is 1.61. The normalized spacial score (nSPS) is 17.3. The average molecular weight is 302 g/mol. The highest BCUT2D eigenvalue weighted by Gasteiger charge is 2.24. The topological polar surface area (TPSA) is 48.0 Å². The number of thiophene rings is 1. The molecule has 0 spiro atoms. The molecule has 112 valence electrons. The minimum atomic E-state index is -0.314. The zero-order chi connectivity index (χ0) is 15.0. The number of rotatable bonds is 3. The summed E-state index contributed by atoms with van der Waals surface area (Å²) in [6.07, 6.45) is 4.66. The van der Waals surface area contributed by atoms with Gasteiger partial charge in [-0.05, 0) is 49.8 Å². The Balaban J connectivity index is 2.12. The van der Waals surface area contributed by atoms with Gasteiger partial charge in [-0.25, -0.2) is 0 Å². The molecule has 1 unspecified atom stereocenters. The van der Waals surface area contributed by atoms with Crippen LogP contribution in [0.15, 0.2) is 28.4 Å². The molecule has 0 bridgehead atoms. The quantitative estimate of drug-likeness (QED) is 0.940. The lowest BCUT2D eigenvalue weighted by molar-refractivity contribution is 0.485. The number of hydrogen-bond acceptors (Lipinski definition) is 3. The second kappa shape index (κ2) is 5.78. The van der Waals surface area contributed by atoms with Crippen LogP contribution in [0.4, 0.5) is 0 Å². The second-order valence-corrected chi connectivity index (χ2v) is 6.97. The van der Waals surface area contributed by atoms with Crippen LogP contribution in [0, 0.1) is 13.8 Å². The fourth-order valence-electron chi connectivity index (χ4n) is 3.52. The summed E-state index contributed by atoms with van der Waals surface area (Å²) in [5.41, 5.74) is 9.32. The maximum Gasteiger partial charge on any atom is 0.256 e. The molecule has 1 atom stereocenters. The Bertz CT molecular complexity index is 682. The molecule has 1 saturated carbocycles. The van der Waals surface area contributed by atoms with Gasteiger partial charge in [0.2, 0.25) is 0 Å². The number of hydrogen-bond donors (Lipinski definition) is 1. The van der Waals surface area contributed by atoms with Crippen molar-refractivity contribution in [1.29, 1.82) is 0 Å². The lowest BCUT2D eigenvalue weighted by atomic mass is 10.0. The van der Waals surface area contributed by atoms with Crippen molar-refractivity contribution in [1.82, 2.24) is 4.57 Å². The molecule has 1 fully saturated rings. The summed E-state index contributed by atoms with van der Waals surface area (Å²) in [5, 5.41) is 2.01. The lowest BCUT2D eigenvalue weighted by Crippen LogP contribution is -2.32. The molecular formula is C17H22N2OS. The zero-order valence-corrected chi connectivity index (χ0v) is 13.5. The van der Waals surface area contributed by atoms with Gasteiger partial charge in [0.1, 0.15) is 0 Å². The maximum absolute atomic E-state index is 13.0. The van der Waals surface area contributed by atoms with E-state index < -0.39 is 0 Å². The molecule has 3 rings (SSSR count). The molecule has 3 nitrogen and oxygen atoms in total. The predicted molar refractivity (Wildman–Crippen MR) is 88.0 cm³/mol. The number of aryl methyl sites for hydroxylation is 2. The first-order valence-electron chi connectivity index (χ1n) is 7.61. The Morgan fingerprint density at radius 2 is 2.05 bits per heavy atom. The third kappa shape index (κ3) is 2.58. The molecular weight excluding hydrogens is 280 g/mol. The van der Waals surface area contributed by atoms with Crippen molar-refractivity contribution < 1.29 is 0 Å². The van der Waals surface area contributed by atoms with E-state index >= 15 is 0 Å². The zero-order valence-electron chi connectivity index (χ0n) is 12.6. The largest absolute Gasteiger partial charge is 0.319 e. The molecule has 2 heterocycles. The maximum atomic E-state index is 13.0. The minimum Gasteiger partial charge on any atom is -0.319 e. The molecule has 2 aromatic rings. The molecule has 21 heavy (non-hydrogen) atoms. The van der Waals surface area contributed by atoms with Gasteiger partial charge in [-0.15, -0.1) is 11.3 Å². The van der Waals surface area contributed by atoms with Crippen LogP contribution in [0.1, 0.15) is 59.5 Å². The molecule has 0 saturated heterocycles. The summed E-state index contributed by atoms with van der Waals surface area (Å²) in [4.78, 5) is 14.1. The average Bonchev–Trinajstić information content (AvgIpc) is 3.11. The van der Waals surface area contributed by atoms with Gasteiger partial charge in [-0.2, -0.15) is 0 Å². The number of pyridine rings is 1.